The van der Waals surface area contributed by atoms with Gasteiger partial charge in [-0.1, -0.05) is 19.3 Å². The minimum absolute atomic E-state index is 0.417. The molecule has 0 saturated heterocycles. The molecule has 0 amide bonds. The Labute approximate surface area is 126 Å². The van der Waals surface area contributed by atoms with Crippen molar-refractivity contribution in [3.63, 3.8) is 0 Å². The van der Waals surface area contributed by atoms with Crippen LogP contribution >= 0.6 is 11.3 Å². The van der Waals surface area contributed by atoms with E-state index in [-0.39, 0.29) is 0 Å². The van der Waals surface area contributed by atoms with Crippen LogP contribution in [0.1, 0.15) is 56.2 Å². The van der Waals surface area contributed by atoms with E-state index in [1.165, 1.54) is 43.5 Å². The number of ether oxygens (including phenoxy) is 1. The van der Waals surface area contributed by atoms with Gasteiger partial charge < -0.3 is 10.1 Å². The largest absolute Gasteiger partial charge is 0.378 e. The van der Waals surface area contributed by atoms with Gasteiger partial charge in [-0.05, 0) is 33.1 Å². The molecule has 2 saturated carbocycles. The molecular weight excluding hydrogens is 268 g/mol. The second kappa shape index (κ2) is 6.12. The monoisotopic (exact) mass is 294 g/mol. The van der Waals surface area contributed by atoms with Crippen LogP contribution in [0.25, 0.3) is 0 Å². The first-order chi connectivity index (χ1) is 9.74. The first-order valence-corrected chi connectivity index (χ1v) is 8.88. The Morgan fingerprint density at radius 3 is 2.85 bits per heavy atom. The topological polar surface area (TPSA) is 34.1 Å². The third-order valence-corrected chi connectivity index (χ3v) is 6.07. The molecule has 0 aromatic carbocycles. The van der Waals surface area contributed by atoms with Crippen molar-refractivity contribution in [2.24, 2.45) is 5.41 Å². The number of aryl methyl sites for hydroxylation is 1. The highest BCUT2D eigenvalue weighted by Crippen LogP contribution is 2.53. The minimum Gasteiger partial charge on any atom is -0.378 e. The van der Waals surface area contributed by atoms with Gasteiger partial charge in [-0.25, -0.2) is 4.98 Å². The molecule has 1 N–H and O–H groups in total. The average molecular weight is 294 g/mol. The van der Waals surface area contributed by atoms with Crippen molar-refractivity contribution in [2.75, 3.05) is 6.61 Å². The van der Waals surface area contributed by atoms with Crippen LogP contribution in [-0.4, -0.2) is 23.7 Å². The lowest BCUT2D eigenvalue weighted by Gasteiger charge is -2.58. The van der Waals surface area contributed by atoms with Gasteiger partial charge >= 0.3 is 0 Å². The molecule has 0 bridgehead atoms. The summed E-state index contributed by atoms with van der Waals surface area (Å²) in [6.45, 7) is 5.96. The van der Waals surface area contributed by atoms with Crippen LogP contribution in [0, 0.1) is 12.3 Å². The fraction of sp³-hybridized carbons (Fsp3) is 0.812. The fourth-order valence-corrected chi connectivity index (χ4v) is 4.77. The maximum atomic E-state index is 6.00. The summed E-state index contributed by atoms with van der Waals surface area (Å²) in [5, 5.41) is 7.12. The summed E-state index contributed by atoms with van der Waals surface area (Å²) in [6, 6.07) is 0.628. The van der Waals surface area contributed by atoms with Gasteiger partial charge in [-0.2, -0.15) is 0 Å². The summed E-state index contributed by atoms with van der Waals surface area (Å²) in [7, 11) is 0. The van der Waals surface area contributed by atoms with Gasteiger partial charge in [-0.15, -0.1) is 11.3 Å². The molecule has 20 heavy (non-hydrogen) atoms. The Hall–Kier alpha value is -0.450. The highest BCUT2D eigenvalue weighted by Gasteiger charge is 2.55. The maximum Gasteiger partial charge on any atom is 0.107 e. The molecule has 2 aliphatic rings. The predicted octanol–water partition coefficient (Wildman–Crippen LogP) is 3.67. The van der Waals surface area contributed by atoms with Crippen LogP contribution in [0.4, 0.5) is 0 Å². The van der Waals surface area contributed by atoms with Gasteiger partial charge in [0.2, 0.25) is 0 Å². The second-order valence-electron chi connectivity index (χ2n) is 6.29. The van der Waals surface area contributed by atoms with E-state index in [9.17, 15) is 0 Å². The SMILES string of the molecule is CCOC1CC(NCc2nc(C)cs2)C12CCCCC2. The molecule has 112 valence electrons. The van der Waals surface area contributed by atoms with Crippen LogP contribution in [0.15, 0.2) is 5.38 Å². The summed E-state index contributed by atoms with van der Waals surface area (Å²) >= 11 is 1.77. The standard InChI is InChI=1S/C16H26N2OS/c1-3-19-14-9-13(16(14)7-5-4-6-8-16)17-10-15-18-12(2)11-20-15/h11,13-14,17H,3-10H2,1-2H3. The molecule has 2 unspecified atom stereocenters. The molecule has 2 aliphatic carbocycles. The third kappa shape index (κ3) is 2.66. The molecule has 0 radical (unpaired) electrons. The summed E-state index contributed by atoms with van der Waals surface area (Å²) < 4.78 is 6.00. The lowest BCUT2D eigenvalue weighted by Crippen LogP contribution is -2.64. The van der Waals surface area contributed by atoms with Gasteiger partial charge in [0.15, 0.2) is 0 Å². The molecule has 3 nitrogen and oxygen atoms in total. The van der Waals surface area contributed by atoms with Crippen LogP contribution in [0.2, 0.25) is 0 Å². The molecule has 1 aromatic rings. The Balaban J connectivity index is 1.61. The lowest BCUT2D eigenvalue weighted by atomic mass is 9.55. The summed E-state index contributed by atoms with van der Waals surface area (Å²) in [4.78, 5) is 4.55. The van der Waals surface area contributed by atoms with E-state index in [0.29, 0.717) is 17.6 Å². The zero-order valence-electron chi connectivity index (χ0n) is 12.7. The lowest BCUT2D eigenvalue weighted by molar-refractivity contribution is -0.150. The zero-order chi connectivity index (χ0) is 14.0. The van der Waals surface area contributed by atoms with Crippen LogP contribution in [0.5, 0.6) is 0 Å². The van der Waals surface area contributed by atoms with E-state index in [1.54, 1.807) is 11.3 Å². The van der Waals surface area contributed by atoms with E-state index in [2.05, 4.69) is 29.5 Å². The van der Waals surface area contributed by atoms with E-state index in [4.69, 9.17) is 4.74 Å². The van der Waals surface area contributed by atoms with Gasteiger partial charge in [0.25, 0.3) is 0 Å². The van der Waals surface area contributed by atoms with Crippen molar-refractivity contribution >= 4 is 11.3 Å². The molecule has 3 rings (SSSR count). The van der Waals surface area contributed by atoms with Crippen molar-refractivity contribution in [1.29, 1.82) is 0 Å². The highest BCUT2D eigenvalue weighted by atomic mass is 32.1. The molecule has 2 atom stereocenters. The number of nitrogens with one attached hydrogen (secondary N) is 1. The molecule has 1 aromatic heterocycles. The van der Waals surface area contributed by atoms with E-state index in [1.807, 2.05) is 0 Å². The molecule has 1 heterocycles. The van der Waals surface area contributed by atoms with Crippen molar-refractivity contribution < 1.29 is 4.74 Å². The van der Waals surface area contributed by atoms with Crippen molar-refractivity contribution in [3.8, 4) is 0 Å². The van der Waals surface area contributed by atoms with Crippen LogP contribution in [0.3, 0.4) is 0 Å². The average Bonchev–Trinajstić information content (AvgIpc) is 2.88. The van der Waals surface area contributed by atoms with E-state index in [0.717, 1.165) is 18.8 Å². The normalized spacial score (nSPS) is 28.5. The van der Waals surface area contributed by atoms with Crippen LogP contribution < -0.4 is 5.32 Å². The number of thiazole rings is 1. The molecule has 0 aliphatic heterocycles. The van der Waals surface area contributed by atoms with E-state index < -0.39 is 0 Å². The smallest absolute Gasteiger partial charge is 0.107 e. The Morgan fingerprint density at radius 2 is 2.20 bits per heavy atom. The first-order valence-electron chi connectivity index (χ1n) is 8.00. The molecule has 1 spiro atoms. The summed E-state index contributed by atoms with van der Waals surface area (Å²) in [6.07, 6.45) is 8.50. The van der Waals surface area contributed by atoms with Crippen molar-refractivity contribution in [2.45, 2.75) is 71.1 Å². The first kappa shape index (κ1) is 14.5. The number of aromatic nitrogens is 1. The molecule has 2 fully saturated rings. The Bertz CT molecular complexity index is 439. The van der Waals surface area contributed by atoms with Gasteiger partial charge in [0.05, 0.1) is 6.10 Å². The number of hydrogen-bond acceptors (Lipinski definition) is 4. The Morgan fingerprint density at radius 1 is 1.40 bits per heavy atom. The number of rotatable bonds is 5. The third-order valence-electron chi connectivity index (χ3n) is 5.10. The number of nitrogens with zero attached hydrogens (tertiary/aromatic N) is 1. The number of hydrogen-bond donors (Lipinski definition) is 1. The predicted molar refractivity (Wildman–Crippen MR) is 83.0 cm³/mol. The molecule has 4 heteroatoms. The van der Waals surface area contributed by atoms with Crippen LogP contribution in [-0.2, 0) is 11.3 Å². The van der Waals surface area contributed by atoms with Crippen molar-refractivity contribution in [1.82, 2.24) is 10.3 Å². The Kier molecular flexibility index (Phi) is 4.43. The summed E-state index contributed by atoms with van der Waals surface area (Å²) in [5.41, 5.74) is 1.56. The highest BCUT2D eigenvalue weighted by molar-refractivity contribution is 7.09. The summed E-state index contributed by atoms with van der Waals surface area (Å²) in [5.74, 6) is 0. The van der Waals surface area contributed by atoms with Gasteiger partial charge in [0, 0.05) is 35.7 Å². The van der Waals surface area contributed by atoms with Gasteiger partial charge in [0.1, 0.15) is 5.01 Å². The minimum atomic E-state index is 0.417. The van der Waals surface area contributed by atoms with Crippen molar-refractivity contribution in [3.05, 3.63) is 16.1 Å². The zero-order valence-corrected chi connectivity index (χ0v) is 13.5. The maximum absolute atomic E-state index is 6.00. The fourth-order valence-electron chi connectivity index (χ4n) is 4.04. The molecular formula is C16H26N2OS. The van der Waals surface area contributed by atoms with E-state index >= 15 is 0 Å². The second-order valence-corrected chi connectivity index (χ2v) is 7.23. The van der Waals surface area contributed by atoms with Gasteiger partial charge in [-0.3, -0.25) is 0 Å². The quantitative estimate of drug-likeness (QED) is 0.899.